The molecule has 0 spiro atoms. The number of amides is 2. The molecule has 2 heterocycles. The summed E-state index contributed by atoms with van der Waals surface area (Å²) in [6, 6.07) is 13.7. The number of nitrogens with one attached hydrogen (secondary N) is 3. The molecule has 0 unspecified atom stereocenters. The van der Waals surface area contributed by atoms with Crippen LogP contribution in [-0.2, 0) is 11.3 Å². The molecule has 0 aliphatic carbocycles. The molecule has 118 valence electrons. The molecule has 2 aliphatic rings. The van der Waals surface area contributed by atoms with Crippen LogP contribution in [0.1, 0.15) is 21.5 Å². The standard InChI is InChI=1S/C18H13N3O2S/c22-16-14-5-4-12(8-13(14)9-19-16)11-3-1-2-10(6-11)7-15-17(23)21-18(24)20-15/h1-8H,9H2,(H,19,22)(H2,20,21,23,24). The molecule has 6 heteroatoms. The molecule has 0 aromatic heterocycles. The van der Waals surface area contributed by atoms with E-state index in [0.717, 1.165) is 27.8 Å². The topological polar surface area (TPSA) is 70.2 Å². The van der Waals surface area contributed by atoms with Crippen molar-refractivity contribution in [2.24, 2.45) is 0 Å². The van der Waals surface area contributed by atoms with Crippen LogP contribution in [0.4, 0.5) is 0 Å². The SMILES string of the molecule is O=C1NC(=S)NC1=Cc1cccc(-c2ccc3c(c2)CNC3=O)c1. The van der Waals surface area contributed by atoms with Crippen molar-refractivity contribution in [3.05, 3.63) is 64.9 Å². The van der Waals surface area contributed by atoms with Crippen LogP contribution in [0.25, 0.3) is 17.2 Å². The lowest BCUT2D eigenvalue weighted by atomic mass is 9.99. The van der Waals surface area contributed by atoms with Gasteiger partial charge < -0.3 is 10.6 Å². The Balaban J connectivity index is 1.69. The number of thiocarbonyl (C=S) groups is 1. The smallest absolute Gasteiger partial charge is 0.273 e. The molecule has 2 aromatic rings. The third-order valence-corrected chi connectivity index (χ3v) is 4.24. The first-order valence-electron chi connectivity index (χ1n) is 7.46. The van der Waals surface area contributed by atoms with E-state index in [1.807, 2.05) is 42.5 Å². The van der Waals surface area contributed by atoms with E-state index in [4.69, 9.17) is 12.2 Å². The van der Waals surface area contributed by atoms with E-state index < -0.39 is 0 Å². The van der Waals surface area contributed by atoms with E-state index in [0.29, 0.717) is 17.4 Å². The van der Waals surface area contributed by atoms with Crippen LogP contribution in [0.3, 0.4) is 0 Å². The van der Waals surface area contributed by atoms with E-state index >= 15 is 0 Å². The summed E-state index contributed by atoms with van der Waals surface area (Å²) in [5.74, 6) is -0.253. The zero-order valence-corrected chi connectivity index (χ0v) is 13.4. The number of hydrogen-bond acceptors (Lipinski definition) is 3. The molecule has 0 atom stereocenters. The van der Waals surface area contributed by atoms with Crippen LogP contribution in [0.5, 0.6) is 0 Å². The van der Waals surface area contributed by atoms with Crippen molar-refractivity contribution in [1.82, 2.24) is 16.0 Å². The van der Waals surface area contributed by atoms with Crippen LogP contribution in [0.15, 0.2) is 48.2 Å². The lowest BCUT2D eigenvalue weighted by Crippen LogP contribution is -2.21. The first-order chi connectivity index (χ1) is 11.6. The zero-order valence-electron chi connectivity index (χ0n) is 12.6. The van der Waals surface area contributed by atoms with E-state index in [-0.39, 0.29) is 11.8 Å². The Labute approximate surface area is 143 Å². The van der Waals surface area contributed by atoms with Gasteiger partial charge in [-0.15, -0.1) is 0 Å². The molecule has 5 nitrogen and oxygen atoms in total. The maximum atomic E-state index is 11.7. The number of rotatable bonds is 2. The second kappa shape index (κ2) is 5.58. The second-order valence-corrected chi connectivity index (χ2v) is 6.05. The fourth-order valence-electron chi connectivity index (χ4n) is 2.87. The molecule has 2 aromatic carbocycles. The number of carbonyl (C=O) groups is 2. The minimum atomic E-state index is -0.229. The maximum absolute atomic E-state index is 11.7. The highest BCUT2D eigenvalue weighted by molar-refractivity contribution is 7.80. The second-order valence-electron chi connectivity index (χ2n) is 5.65. The van der Waals surface area contributed by atoms with Crippen molar-refractivity contribution in [2.75, 3.05) is 0 Å². The van der Waals surface area contributed by atoms with E-state index in [2.05, 4.69) is 16.0 Å². The van der Waals surface area contributed by atoms with Crippen molar-refractivity contribution in [2.45, 2.75) is 6.54 Å². The van der Waals surface area contributed by atoms with Gasteiger partial charge in [-0.05, 0) is 58.7 Å². The van der Waals surface area contributed by atoms with Gasteiger partial charge in [-0.3, -0.25) is 14.9 Å². The molecular weight excluding hydrogens is 322 g/mol. The maximum Gasteiger partial charge on any atom is 0.273 e. The van der Waals surface area contributed by atoms with Gasteiger partial charge in [0.1, 0.15) is 5.70 Å². The summed E-state index contributed by atoms with van der Waals surface area (Å²) in [5, 5.41) is 8.51. The number of carbonyl (C=O) groups excluding carboxylic acids is 2. The largest absolute Gasteiger partial charge is 0.348 e. The fourth-order valence-corrected chi connectivity index (χ4v) is 3.07. The lowest BCUT2D eigenvalue weighted by Gasteiger charge is -2.06. The van der Waals surface area contributed by atoms with Crippen LogP contribution in [-0.4, -0.2) is 16.9 Å². The quantitative estimate of drug-likeness (QED) is 0.579. The van der Waals surface area contributed by atoms with Gasteiger partial charge in [0.05, 0.1) is 0 Å². The summed E-state index contributed by atoms with van der Waals surface area (Å²) in [6.07, 6.45) is 1.76. The lowest BCUT2D eigenvalue weighted by molar-refractivity contribution is -0.115. The van der Waals surface area contributed by atoms with Crippen molar-refractivity contribution >= 4 is 35.2 Å². The van der Waals surface area contributed by atoms with Crippen LogP contribution in [0, 0.1) is 0 Å². The summed E-state index contributed by atoms with van der Waals surface area (Å²) >= 11 is 4.93. The minimum absolute atomic E-state index is 0.0238. The average molecular weight is 335 g/mol. The van der Waals surface area contributed by atoms with Crippen molar-refractivity contribution in [3.8, 4) is 11.1 Å². The van der Waals surface area contributed by atoms with Gasteiger partial charge in [0.25, 0.3) is 11.8 Å². The summed E-state index contributed by atoms with van der Waals surface area (Å²) < 4.78 is 0. The summed E-state index contributed by atoms with van der Waals surface area (Å²) in [4.78, 5) is 23.4. The first-order valence-corrected chi connectivity index (χ1v) is 7.86. The Bertz CT molecular complexity index is 934. The normalized spacial score (nSPS) is 17.5. The third-order valence-electron chi connectivity index (χ3n) is 4.04. The Hall–Kier alpha value is -2.99. The third kappa shape index (κ3) is 2.57. The van der Waals surface area contributed by atoms with Crippen molar-refractivity contribution < 1.29 is 9.59 Å². The van der Waals surface area contributed by atoms with Crippen molar-refractivity contribution in [1.29, 1.82) is 0 Å². The Morgan fingerprint density at radius 3 is 2.58 bits per heavy atom. The zero-order chi connectivity index (χ0) is 16.7. The minimum Gasteiger partial charge on any atom is -0.348 e. The van der Waals surface area contributed by atoms with Gasteiger partial charge >= 0.3 is 0 Å². The molecule has 1 saturated heterocycles. The van der Waals surface area contributed by atoms with Crippen molar-refractivity contribution in [3.63, 3.8) is 0 Å². The van der Waals surface area contributed by atoms with Crippen LogP contribution >= 0.6 is 12.2 Å². The number of benzene rings is 2. The van der Waals surface area contributed by atoms with Gasteiger partial charge in [0.2, 0.25) is 0 Å². The molecule has 1 fully saturated rings. The molecule has 2 amide bonds. The fraction of sp³-hybridized carbons (Fsp3) is 0.0556. The van der Waals surface area contributed by atoms with Gasteiger partial charge in [-0.25, -0.2) is 0 Å². The van der Waals surface area contributed by atoms with Gasteiger partial charge in [0.15, 0.2) is 5.11 Å². The first kappa shape index (κ1) is 14.6. The Kier molecular flexibility index (Phi) is 3.39. The molecule has 2 aliphatic heterocycles. The Morgan fingerprint density at radius 1 is 0.958 bits per heavy atom. The van der Waals surface area contributed by atoms with Crippen LogP contribution in [0.2, 0.25) is 0 Å². The molecule has 0 saturated carbocycles. The number of hydrogen-bond donors (Lipinski definition) is 3. The van der Waals surface area contributed by atoms with Gasteiger partial charge in [-0.1, -0.05) is 24.3 Å². The van der Waals surface area contributed by atoms with E-state index in [1.165, 1.54) is 0 Å². The highest BCUT2D eigenvalue weighted by Crippen LogP contribution is 2.26. The van der Waals surface area contributed by atoms with Gasteiger partial charge in [0, 0.05) is 12.1 Å². The summed E-state index contributed by atoms with van der Waals surface area (Å²) in [6.45, 7) is 0.563. The van der Waals surface area contributed by atoms with Crippen LogP contribution < -0.4 is 16.0 Å². The summed E-state index contributed by atoms with van der Waals surface area (Å²) in [7, 11) is 0. The predicted octanol–water partition coefficient (Wildman–Crippen LogP) is 1.94. The highest BCUT2D eigenvalue weighted by atomic mass is 32.1. The van der Waals surface area contributed by atoms with E-state index in [1.54, 1.807) is 6.08 Å². The monoisotopic (exact) mass is 335 g/mol. The highest BCUT2D eigenvalue weighted by Gasteiger charge is 2.20. The number of fused-ring (bicyclic) bond motifs is 1. The summed E-state index contributed by atoms with van der Waals surface area (Å²) in [5.41, 5.74) is 5.11. The molecular formula is C18H13N3O2S. The molecule has 4 rings (SSSR count). The van der Waals surface area contributed by atoms with E-state index in [9.17, 15) is 9.59 Å². The van der Waals surface area contributed by atoms with Gasteiger partial charge in [-0.2, -0.15) is 0 Å². The molecule has 0 bridgehead atoms. The molecule has 3 N–H and O–H groups in total. The predicted molar refractivity (Wildman–Crippen MR) is 94.9 cm³/mol. The molecule has 0 radical (unpaired) electrons. The average Bonchev–Trinajstić information content (AvgIpc) is 3.10. The molecule has 24 heavy (non-hydrogen) atoms. The Morgan fingerprint density at radius 2 is 1.79 bits per heavy atom.